The van der Waals surface area contributed by atoms with Gasteiger partial charge in [-0.2, -0.15) is 0 Å². The molecule has 0 bridgehead atoms. The van der Waals surface area contributed by atoms with Crippen molar-refractivity contribution in [3.05, 3.63) is 0 Å². The van der Waals surface area contributed by atoms with Crippen LogP contribution in [0.25, 0.3) is 0 Å². The second-order valence-corrected chi connectivity index (χ2v) is 5.19. The number of ether oxygens (including phenoxy) is 1. The molecule has 0 aromatic rings. The molecule has 100 valence electrons. The van der Waals surface area contributed by atoms with Crippen molar-refractivity contribution in [3.63, 3.8) is 0 Å². The van der Waals surface area contributed by atoms with Gasteiger partial charge in [-0.1, -0.05) is 6.92 Å². The molecule has 0 aromatic heterocycles. The van der Waals surface area contributed by atoms with Crippen molar-refractivity contribution in [2.24, 2.45) is 0 Å². The number of piperidine rings is 1. The topological polar surface area (TPSA) is 41.6 Å². The number of carbonyl (C=O) groups excluding carboxylic acids is 1. The zero-order valence-electron chi connectivity index (χ0n) is 11.6. The highest BCUT2D eigenvalue weighted by Gasteiger charge is 2.36. The highest BCUT2D eigenvalue weighted by Crippen LogP contribution is 2.27. The maximum absolute atomic E-state index is 11.5. The summed E-state index contributed by atoms with van der Waals surface area (Å²) in [6, 6.07) is 0.591. The molecule has 1 rings (SSSR count). The minimum atomic E-state index is -0.107. The molecule has 0 radical (unpaired) electrons. The molecule has 1 fully saturated rings. The van der Waals surface area contributed by atoms with Crippen LogP contribution in [0.2, 0.25) is 0 Å². The first-order chi connectivity index (χ1) is 8.03. The number of esters is 1. The Kier molecular flexibility index (Phi) is 5.40. The van der Waals surface area contributed by atoms with Crippen LogP contribution in [0.5, 0.6) is 0 Å². The first kappa shape index (κ1) is 14.5. The Bertz CT molecular complexity index is 246. The van der Waals surface area contributed by atoms with E-state index in [0.29, 0.717) is 12.5 Å². The predicted octanol–water partition coefficient (Wildman–Crippen LogP) is 1.40. The fourth-order valence-electron chi connectivity index (χ4n) is 2.61. The lowest BCUT2D eigenvalue weighted by atomic mass is 9.84. The van der Waals surface area contributed by atoms with Crippen LogP contribution in [0.4, 0.5) is 0 Å². The summed E-state index contributed by atoms with van der Waals surface area (Å²) < 4.78 is 4.81. The summed E-state index contributed by atoms with van der Waals surface area (Å²) >= 11 is 0. The van der Waals surface area contributed by atoms with Crippen molar-refractivity contribution in [3.8, 4) is 0 Å². The van der Waals surface area contributed by atoms with E-state index < -0.39 is 0 Å². The average molecular weight is 242 g/mol. The third-order valence-electron chi connectivity index (χ3n) is 3.75. The maximum Gasteiger partial charge on any atom is 0.307 e. The maximum atomic E-state index is 11.5. The molecular formula is C13H26N2O2. The van der Waals surface area contributed by atoms with E-state index in [-0.39, 0.29) is 11.5 Å². The van der Waals surface area contributed by atoms with Crippen molar-refractivity contribution in [2.45, 2.75) is 51.6 Å². The van der Waals surface area contributed by atoms with Gasteiger partial charge in [-0.15, -0.1) is 0 Å². The summed E-state index contributed by atoms with van der Waals surface area (Å²) in [7, 11) is 1.46. The van der Waals surface area contributed by atoms with E-state index in [1.54, 1.807) is 0 Å². The number of hydrogen-bond acceptors (Lipinski definition) is 4. The molecule has 0 spiro atoms. The molecule has 0 saturated carbocycles. The minimum absolute atomic E-state index is 0.0484. The second kappa shape index (κ2) is 6.36. The van der Waals surface area contributed by atoms with Crippen molar-refractivity contribution < 1.29 is 9.53 Å². The van der Waals surface area contributed by atoms with Gasteiger partial charge >= 0.3 is 5.97 Å². The van der Waals surface area contributed by atoms with Gasteiger partial charge in [0.15, 0.2) is 0 Å². The van der Waals surface area contributed by atoms with Crippen LogP contribution in [-0.4, -0.2) is 49.2 Å². The van der Waals surface area contributed by atoms with E-state index in [1.165, 1.54) is 7.11 Å². The molecule has 4 heteroatoms. The molecule has 0 amide bonds. The standard InChI is InChI=1S/C13H26N2O2/c1-5-14-13(10-12(16)17-4)6-8-15(9-7-13)11(2)3/h11,14H,5-10H2,1-4H3. The van der Waals surface area contributed by atoms with Gasteiger partial charge in [0.05, 0.1) is 13.5 Å². The second-order valence-electron chi connectivity index (χ2n) is 5.19. The van der Waals surface area contributed by atoms with Gasteiger partial charge < -0.3 is 15.0 Å². The van der Waals surface area contributed by atoms with E-state index in [0.717, 1.165) is 32.5 Å². The average Bonchev–Trinajstić information content (AvgIpc) is 2.29. The molecule has 1 N–H and O–H groups in total. The lowest BCUT2D eigenvalue weighted by molar-refractivity contribution is -0.143. The van der Waals surface area contributed by atoms with E-state index in [9.17, 15) is 4.79 Å². The number of rotatable bonds is 5. The molecule has 4 nitrogen and oxygen atoms in total. The van der Waals surface area contributed by atoms with Gasteiger partial charge in [-0.05, 0) is 33.2 Å². The molecule has 0 aromatic carbocycles. The van der Waals surface area contributed by atoms with Crippen molar-refractivity contribution in [1.29, 1.82) is 0 Å². The van der Waals surface area contributed by atoms with E-state index in [4.69, 9.17) is 4.74 Å². The Hall–Kier alpha value is -0.610. The van der Waals surface area contributed by atoms with Crippen molar-refractivity contribution in [2.75, 3.05) is 26.7 Å². The quantitative estimate of drug-likeness (QED) is 0.740. The van der Waals surface area contributed by atoms with E-state index >= 15 is 0 Å². The third-order valence-corrected chi connectivity index (χ3v) is 3.75. The lowest BCUT2D eigenvalue weighted by Crippen LogP contribution is -2.55. The Morgan fingerprint density at radius 1 is 1.41 bits per heavy atom. The van der Waals surface area contributed by atoms with Crippen LogP contribution < -0.4 is 5.32 Å². The van der Waals surface area contributed by atoms with Crippen LogP contribution >= 0.6 is 0 Å². The van der Waals surface area contributed by atoms with Crippen molar-refractivity contribution in [1.82, 2.24) is 10.2 Å². The summed E-state index contributed by atoms with van der Waals surface area (Å²) in [5.41, 5.74) is -0.0484. The van der Waals surface area contributed by atoms with Gasteiger partial charge in [0.25, 0.3) is 0 Å². The molecule has 1 aliphatic heterocycles. The highest BCUT2D eigenvalue weighted by atomic mass is 16.5. The predicted molar refractivity (Wildman–Crippen MR) is 69.0 cm³/mol. The minimum Gasteiger partial charge on any atom is -0.469 e. The molecule has 0 atom stereocenters. The Balaban J connectivity index is 2.59. The van der Waals surface area contributed by atoms with Crippen LogP contribution in [0.15, 0.2) is 0 Å². The lowest BCUT2D eigenvalue weighted by Gasteiger charge is -2.43. The summed E-state index contributed by atoms with van der Waals surface area (Å²) in [5, 5.41) is 3.50. The number of nitrogens with zero attached hydrogens (tertiary/aromatic N) is 1. The summed E-state index contributed by atoms with van der Waals surface area (Å²) in [4.78, 5) is 14.0. The zero-order chi connectivity index (χ0) is 12.9. The van der Waals surface area contributed by atoms with Crippen LogP contribution in [0.3, 0.4) is 0 Å². The molecular weight excluding hydrogens is 216 g/mol. The zero-order valence-corrected chi connectivity index (χ0v) is 11.6. The molecule has 1 aliphatic rings. The van der Waals surface area contributed by atoms with Crippen LogP contribution in [0, 0.1) is 0 Å². The fourth-order valence-corrected chi connectivity index (χ4v) is 2.61. The first-order valence-electron chi connectivity index (χ1n) is 6.59. The molecule has 17 heavy (non-hydrogen) atoms. The SMILES string of the molecule is CCNC1(CC(=O)OC)CCN(C(C)C)CC1. The van der Waals surface area contributed by atoms with E-state index in [1.807, 2.05) is 0 Å². The number of likely N-dealkylation sites (tertiary alicyclic amines) is 1. The monoisotopic (exact) mass is 242 g/mol. The van der Waals surface area contributed by atoms with Crippen molar-refractivity contribution >= 4 is 5.97 Å². The molecule has 0 aliphatic carbocycles. The largest absolute Gasteiger partial charge is 0.469 e. The summed E-state index contributed by atoms with van der Waals surface area (Å²) in [6.45, 7) is 9.55. The Morgan fingerprint density at radius 3 is 2.41 bits per heavy atom. The summed E-state index contributed by atoms with van der Waals surface area (Å²) in [5.74, 6) is -0.107. The smallest absolute Gasteiger partial charge is 0.307 e. The number of nitrogens with one attached hydrogen (secondary N) is 1. The summed E-state index contributed by atoms with van der Waals surface area (Å²) in [6.07, 6.45) is 2.53. The number of methoxy groups -OCH3 is 1. The first-order valence-corrected chi connectivity index (χ1v) is 6.59. The van der Waals surface area contributed by atoms with Crippen LogP contribution in [0.1, 0.15) is 40.0 Å². The third kappa shape index (κ3) is 3.96. The Morgan fingerprint density at radius 2 is 2.00 bits per heavy atom. The molecule has 0 unspecified atom stereocenters. The normalized spacial score (nSPS) is 20.5. The number of hydrogen-bond donors (Lipinski definition) is 1. The number of carbonyl (C=O) groups is 1. The molecule has 1 heterocycles. The highest BCUT2D eigenvalue weighted by molar-refractivity contribution is 5.70. The van der Waals surface area contributed by atoms with Gasteiger partial charge in [0.2, 0.25) is 0 Å². The fraction of sp³-hybridized carbons (Fsp3) is 0.923. The van der Waals surface area contributed by atoms with Crippen LogP contribution in [-0.2, 0) is 9.53 Å². The molecule has 1 saturated heterocycles. The van der Waals surface area contributed by atoms with Gasteiger partial charge in [-0.3, -0.25) is 4.79 Å². The Labute approximate surface area is 105 Å². The van der Waals surface area contributed by atoms with Gasteiger partial charge in [0.1, 0.15) is 0 Å². The van der Waals surface area contributed by atoms with Gasteiger partial charge in [-0.25, -0.2) is 0 Å². The van der Waals surface area contributed by atoms with Gasteiger partial charge in [0, 0.05) is 24.7 Å². The van der Waals surface area contributed by atoms with E-state index in [2.05, 4.69) is 31.0 Å².